The van der Waals surface area contributed by atoms with Gasteiger partial charge < -0.3 is 19.4 Å². The first-order valence-electron chi connectivity index (χ1n) is 11.7. The van der Waals surface area contributed by atoms with Crippen molar-refractivity contribution >= 4 is 27.7 Å². The zero-order valence-corrected chi connectivity index (χ0v) is 19.0. The Hall–Kier alpha value is -2.97. The molecule has 5 rings (SSSR count). The van der Waals surface area contributed by atoms with Crippen LogP contribution >= 0.6 is 0 Å². The maximum Gasteiger partial charge on any atom is 0.259 e. The number of likely N-dealkylation sites (tertiary alicyclic amines) is 1. The number of carbonyl (C=O) groups is 1. The summed E-state index contributed by atoms with van der Waals surface area (Å²) in [6.07, 6.45) is 6.91. The topological polar surface area (TPSA) is 89.5 Å². The summed E-state index contributed by atoms with van der Waals surface area (Å²) in [6, 6.07) is 4.02. The van der Waals surface area contributed by atoms with Crippen molar-refractivity contribution in [1.29, 1.82) is 0 Å². The molecule has 33 heavy (non-hydrogen) atoms. The molecule has 8 heteroatoms. The van der Waals surface area contributed by atoms with E-state index in [0.717, 1.165) is 47.7 Å². The Morgan fingerprint density at radius 1 is 1.24 bits per heavy atom. The van der Waals surface area contributed by atoms with Crippen molar-refractivity contribution in [3.8, 4) is 0 Å². The normalized spacial score (nSPS) is 18.3. The fourth-order valence-electron chi connectivity index (χ4n) is 5.03. The number of hydrogen-bond acceptors (Lipinski definition) is 5. The molecule has 0 bridgehead atoms. The Balaban J connectivity index is 1.52. The SMILES string of the molecule is C=CCOC1CCN(C(=O)c2cc3c(cc2C)[nH]c(=O)c2cnn(C4CCOCC4)c23)CC1. The fourth-order valence-corrected chi connectivity index (χ4v) is 5.03. The van der Waals surface area contributed by atoms with E-state index < -0.39 is 0 Å². The molecule has 1 amide bonds. The zero-order chi connectivity index (χ0) is 22.9. The van der Waals surface area contributed by atoms with Crippen LogP contribution in [0, 0.1) is 6.92 Å². The second-order valence-electron chi connectivity index (χ2n) is 8.98. The summed E-state index contributed by atoms with van der Waals surface area (Å²) in [7, 11) is 0. The van der Waals surface area contributed by atoms with E-state index in [1.165, 1.54) is 0 Å². The number of aryl methyl sites for hydroxylation is 1. The average Bonchev–Trinajstić information content (AvgIpc) is 3.29. The van der Waals surface area contributed by atoms with Gasteiger partial charge in [-0.05, 0) is 50.3 Å². The molecule has 2 aliphatic rings. The highest BCUT2D eigenvalue weighted by atomic mass is 16.5. The third kappa shape index (κ3) is 4.09. The van der Waals surface area contributed by atoms with E-state index in [0.29, 0.717) is 43.9 Å². The highest BCUT2D eigenvalue weighted by Crippen LogP contribution is 2.30. The van der Waals surface area contributed by atoms with Gasteiger partial charge in [0, 0.05) is 37.3 Å². The molecule has 0 aliphatic carbocycles. The van der Waals surface area contributed by atoms with Gasteiger partial charge in [-0.1, -0.05) is 6.08 Å². The molecule has 4 heterocycles. The molecular weight excluding hydrogens is 420 g/mol. The number of fused-ring (bicyclic) bond motifs is 3. The third-order valence-corrected chi connectivity index (χ3v) is 6.85. The minimum Gasteiger partial charge on any atom is -0.381 e. The van der Waals surface area contributed by atoms with Crippen molar-refractivity contribution in [2.45, 2.75) is 44.8 Å². The number of aromatic nitrogens is 3. The zero-order valence-electron chi connectivity index (χ0n) is 19.0. The lowest BCUT2D eigenvalue weighted by Gasteiger charge is -2.32. The first-order valence-corrected chi connectivity index (χ1v) is 11.7. The van der Waals surface area contributed by atoms with Gasteiger partial charge in [-0.15, -0.1) is 6.58 Å². The van der Waals surface area contributed by atoms with Crippen LogP contribution in [-0.2, 0) is 9.47 Å². The summed E-state index contributed by atoms with van der Waals surface area (Å²) in [5.41, 5.74) is 2.89. The molecule has 1 aromatic carbocycles. The summed E-state index contributed by atoms with van der Waals surface area (Å²) in [6.45, 7) is 8.86. The lowest BCUT2D eigenvalue weighted by Crippen LogP contribution is -2.41. The molecule has 2 aromatic heterocycles. The van der Waals surface area contributed by atoms with Crippen molar-refractivity contribution in [3.05, 3.63) is 52.5 Å². The summed E-state index contributed by atoms with van der Waals surface area (Å²) < 4.78 is 13.2. The van der Waals surface area contributed by atoms with Crippen molar-refractivity contribution < 1.29 is 14.3 Å². The van der Waals surface area contributed by atoms with Gasteiger partial charge in [0.2, 0.25) is 0 Å². The van der Waals surface area contributed by atoms with E-state index in [2.05, 4.69) is 16.7 Å². The van der Waals surface area contributed by atoms with Gasteiger partial charge in [0.05, 0.1) is 41.4 Å². The molecule has 0 radical (unpaired) electrons. The van der Waals surface area contributed by atoms with Gasteiger partial charge in [-0.25, -0.2) is 0 Å². The van der Waals surface area contributed by atoms with Crippen LogP contribution in [-0.4, -0.2) is 64.6 Å². The fraction of sp³-hybridized carbons (Fsp3) is 0.480. The predicted molar refractivity (Wildman–Crippen MR) is 127 cm³/mol. The third-order valence-electron chi connectivity index (χ3n) is 6.85. The van der Waals surface area contributed by atoms with Crippen LogP contribution in [0.3, 0.4) is 0 Å². The molecular formula is C25H30N4O4. The van der Waals surface area contributed by atoms with Crippen LogP contribution in [0.25, 0.3) is 21.8 Å². The van der Waals surface area contributed by atoms with E-state index in [9.17, 15) is 9.59 Å². The highest BCUT2D eigenvalue weighted by molar-refractivity contribution is 6.07. The number of hydrogen-bond donors (Lipinski definition) is 1. The Morgan fingerprint density at radius 3 is 2.73 bits per heavy atom. The van der Waals surface area contributed by atoms with Gasteiger partial charge in [0.15, 0.2) is 0 Å². The number of nitrogens with zero attached hydrogens (tertiary/aromatic N) is 3. The average molecular weight is 451 g/mol. The molecule has 3 aromatic rings. The maximum atomic E-state index is 13.5. The number of aromatic amines is 1. The van der Waals surface area contributed by atoms with Crippen LogP contribution in [0.15, 0.2) is 35.8 Å². The minimum absolute atomic E-state index is 0.0213. The van der Waals surface area contributed by atoms with Crippen molar-refractivity contribution in [3.63, 3.8) is 0 Å². The number of carbonyl (C=O) groups excluding carboxylic acids is 1. The van der Waals surface area contributed by atoms with Crippen LogP contribution in [0.4, 0.5) is 0 Å². The lowest BCUT2D eigenvalue weighted by molar-refractivity contribution is 0.0211. The van der Waals surface area contributed by atoms with E-state index in [1.54, 1.807) is 12.3 Å². The summed E-state index contributed by atoms with van der Waals surface area (Å²) in [5, 5.41) is 5.98. The predicted octanol–water partition coefficient (Wildman–Crippen LogP) is 3.34. The molecule has 2 fully saturated rings. The van der Waals surface area contributed by atoms with E-state index in [-0.39, 0.29) is 23.6 Å². The van der Waals surface area contributed by atoms with Gasteiger partial charge >= 0.3 is 0 Å². The number of rotatable bonds is 5. The van der Waals surface area contributed by atoms with Gasteiger partial charge in [0.1, 0.15) is 0 Å². The van der Waals surface area contributed by atoms with Gasteiger partial charge in [-0.3, -0.25) is 14.3 Å². The molecule has 0 unspecified atom stereocenters. The molecule has 0 spiro atoms. The first-order chi connectivity index (χ1) is 16.1. The van der Waals surface area contributed by atoms with Crippen molar-refractivity contribution in [2.75, 3.05) is 32.9 Å². The summed E-state index contributed by atoms with van der Waals surface area (Å²) >= 11 is 0. The molecule has 1 N–H and O–H groups in total. The number of H-pyrrole nitrogens is 1. The van der Waals surface area contributed by atoms with Crippen molar-refractivity contribution in [1.82, 2.24) is 19.7 Å². The number of ether oxygens (including phenoxy) is 2. The van der Waals surface area contributed by atoms with E-state index in [4.69, 9.17) is 9.47 Å². The van der Waals surface area contributed by atoms with Crippen LogP contribution < -0.4 is 5.56 Å². The maximum absolute atomic E-state index is 13.5. The van der Waals surface area contributed by atoms with Crippen molar-refractivity contribution in [2.24, 2.45) is 0 Å². The number of pyridine rings is 1. The molecule has 2 aliphatic heterocycles. The Labute approximate surface area is 192 Å². The van der Waals surface area contributed by atoms with Gasteiger partial charge in [-0.2, -0.15) is 5.10 Å². The lowest BCUT2D eigenvalue weighted by atomic mass is 10.0. The summed E-state index contributed by atoms with van der Waals surface area (Å²) in [4.78, 5) is 31.1. The Morgan fingerprint density at radius 2 is 2.00 bits per heavy atom. The summed E-state index contributed by atoms with van der Waals surface area (Å²) in [5.74, 6) is 0.0213. The second kappa shape index (κ2) is 9.11. The van der Waals surface area contributed by atoms with Crippen LogP contribution in [0.5, 0.6) is 0 Å². The molecule has 2 saturated heterocycles. The first kappa shape index (κ1) is 21.9. The molecule has 0 atom stereocenters. The minimum atomic E-state index is -0.157. The van der Waals surface area contributed by atoms with E-state index >= 15 is 0 Å². The molecule has 174 valence electrons. The quantitative estimate of drug-likeness (QED) is 0.602. The highest BCUT2D eigenvalue weighted by Gasteiger charge is 2.26. The Bertz CT molecular complexity index is 1250. The smallest absolute Gasteiger partial charge is 0.259 e. The largest absolute Gasteiger partial charge is 0.381 e. The number of benzene rings is 1. The number of piperidine rings is 1. The number of amides is 1. The van der Waals surface area contributed by atoms with E-state index in [1.807, 2.05) is 28.6 Å². The monoisotopic (exact) mass is 450 g/mol. The standard InChI is InChI=1S/C25H30N4O4/c1-3-10-33-18-4-8-28(9-5-18)25(31)19-14-20-22(13-16(19)2)27-24(30)21-15-26-29(23(20)21)17-6-11-32-12-7-17/h3,13-15,17-18H,1,4-12H2,2H3,(H,27,30). The molecule has 8 nitrogen and oxygen atoms in total. The Kier molecular flexibility index (Phi) is 6.03. The number of nitrogens with one attached hydrogen (secondary N) is 1. The second-order valence-corrected chi connectivity index (χ2v) is 8.98. The van der Waals surface area contributed by atoms with Crippen LogP contribution in [0.1, 0.15) is 47.6 Å². The van der Waals surface area contributed by atoms with Crippen LogP contribution in [0.2, 0.25) is 0 Å². The molecule has 0 saturated carbocycles. The van der Waals surface area contributed by atoms with Gasteiger partial charge in [0.25, 0.3) is 11.5 Å².